The fraction of sp³-hybridized carbons (Fsp3) is 0.222. The number of ether oxygens (including phenoxy) is 1. The number of hydrogen-bond acceptors (Lipinski definition) is 4. The van der Waals surface area contributed by atoms with E-state index in [1.165, 1.54) is 12.1 Å². The molecule has 0 aliphatic rings. The monoisotopic (exact) mass is 211 g/mol. The van der Waals surface area contributed by atoms with E-state index < -0.39 is 11.1 Å². The third-order valence-electron chi connectivity index (χ3n) is 1.76. The number of non-ortho nitro benzene ring substituents is 1. The summed E-state index contributed by atoms with van der Waals surface area (Å²) >= 11 is 0. The summed E-state index contributed by atoms with van der Waals surface area (Å²) in [4.78, 5) is 19.9. The van der Waals surface area contributed by atoms with Gasteiger partial charge in [-0.1, -0.05) is 12.1 Å². The SMILES string of the molecule is O=C(O)OCCc1ccc([N+](=O)[O-])cc1. The topological polar surface area (TPSA) is 89.7 Å². The standard InChI is InChI=1S/C9H9NO5/c11-9(12)15-6-5-7-1-3-8(4-2-7)10(13)14/h1-4H,5-6H2,(H,11,12). The number of carbonyl (C=O) groups is 1. The largest absolute Gasteiger partial charge is 0.505 e. The van der Waals surface area contributed by atoms with Crippen molar-refractivity contribution in [1.29, 1.82) is 0 Å². The number of nitro benzene ring substituents is 1. The van der Waals surface area contributed by atoms with E-state index in [-0.39, 0.29) is 12.3 Å². The van der Waals surface area contributed by atoms with Crippen LogP contribution in [0.4, 0.5) is 10.5 Å². The summed E-state index contributed by atoms with van der Waals surface area (Å²) in [5, 5.41) is 18.5. The molecule has 6 nitrogen and oxygen atoms in total. The van der Waals surface area contributed by atoms with E-state index in [2.05, 4.69) is 4.74 Å². The van der Waals surface area contributed by atoms with Gasteiger partial charge in [-0.3, -0.25) is 10.1 Å². The minimum absolute atomic E-state index is 0.0119. The van der Waals surface area contributed by atoms with E-state index in [0.29, 0.717) is 6.42 Å². The first-order valence-electron chi connectivity index (χ1n) is 4.18. The van der Waals surface area contributed by atoms with Gasteiger partial charge in [0, 0.05) is 18.6 Å². The first kappa shape index (κ1) is 11.0. The number of benzene rings is 1. The lowest BCUT2D eigenvalue weighted by Gasteiger charge is -2.00. The number of hydrogen-bond donors (Lipinski definition) is 1. The molecular weight excluding hydrogens is 202 g/mol. The number of nitrogens with zero attached hydrogens (tertiary/aromatic N) is 1. The van der Waals surface area contributed by atoms with Crippen molar-refractivity contribution in [2.75, 3.05) is 6.61 Å². The van der Waals surface area contributed by atoms with Crippen LogP contribution in [0.25, 0.3) is 0 Å². The normalized spacial score (nSPS) is 9.60. The van der Waals surface area contributed by atoms with Gasteiger partial charge in [0.15, 0.2) is 0 Å². The van der Waals surface area contributed by atoms with E-state index in [1.807, 2.05) is 0 Å². The molecule has 0 aromatic heterocycles. The van der Waals surface area contributed by atoms with Crippen LogP contribution < -0.4 is 0 Å². The lowest BCUT2D eigenvalue weighted by atomic mass is 10.1. The zero-order valence-corrected chi connectivity index (χ0v) is 7.75. The van der Waals surface area contributed by atoms with Crippen molar-refractivity contribution in [2.45, 2.75) is 6.42 Å². The molecule has 0 aliphatic carbocycles. The molecule has 0 unspecified atom stereocenters. The Kier molecular flexibility index (Phi) is 3.61. The minimum Gasteiger partial charge on any atom is -0.450 e. The summed E-state index contributed by atoms with van der Waals surface area (Å²) in [5.41, 5.74) is 0.805. The maximum Gasteiger partial charge on any atom is 0.505 e. The molecule has 1 aromatic carbocycles. The highest BCUT2D eigenvalue weighted by atomic mass is 16.7. The van der Waals surface area contributed by atoms with Gasteiger partial charge >= 0.3 is 6.16 Å². The van der Waals surface area contributed by atoms with Gasteiger partial charge in [0.2, 0.25) is 0 Å². The summed E-state index contributed by atoms with van der Waals surface area (Å²) in [6, 6.07) is 5.89. The number of nitro groups is 1. The van der Waals surface area contributed by atoms with E-state index in [4.69, 9.17) is 5.11 Å². The van der Waals surface area contributed by atoms with Crippen LogP contribution in [0, 0.1) is 10.1 Å². The van der Waals surface area contributed by atoms with Crippen molar-refractivity contribution in [3.8, 4) is 0 Å². The molecule has 0 fully saturated rings. The molecule has 0 spiro atoms. The van der Waals surface area contributed by atoms with Crippen LogP contribution in [-0.2, 0) is 11.2 Å². The second kappa shape index (κ2) is 4.94. The fourth-order valence-electron chi connectivity index (χ4n) is 1.04. The van der Waals surface area contributed by atoms with E-state index in [0.717, 1.165) is 5.56 Å². The van der Waals surface area contributed by atoms with Crippen LogP contribution in [-0.4, -0.2) is 22.8 Å². The number of rotatable bonds is 4. The predicted octanol–water partition coefficient (Wildman–Crippen LogP) is 1.83. The molecule has 0 saturated carbocycles. The highest BCUT2D eigenvalue weighted by Gasteiger charge is 2.04. The molecule has 80 valence electrons. The summed E-state index contributed by atoms with van der Waals surface area (Å²) in [6.07, 6.45) is -0.915. The van der Waals surface area contributed by atoms with Gasteiger partial charge in [-0.05, 0) is 5.56 Å². The number of carboxylic acid groups (broad SMARTS) is 1. The summed E-state index contributed by atoms with van der Waals surface area (Å²) < 4.78 is 4.31. The third-order valence-corrected chi connectivity index (χ3v) is 1.76. The van der Waals surface area contributed by atoms with Gasteiger partial charge in [0.25, 0.3) is 5.69 Å². The Morgan fingerprint density at radius 3 is 2.47 bits per heavy atom. The van der Waals surface area contributed by atoms with Crippen LogP contribution in [0.5, 0.6) is 0 Å². The maximum atomic E-state index is 10.3. The van der Waals surface area contributed by atoms with Crippen molar-refractivity contribution in [3.63, 3.8) is 0 Å². The summed E-state index contributed by atoms with van der Waals surface area (Å²) in [5.74, 6) is 0. The molecule has 0 aliphatic heterocycles. The molecule has 1 N–H and O–H groups in total. The zero-order valence-electron chi connectivity index (χ0n) is 7.75. The third kappa shape index (κ3) is 3.63. The maximum absolute atomic E-state index is 10.3. The lowest BCUT2D eigenvalue weighted by Crippen LogP contribution is -2.04. The molecule has 0 heterocycles. The van der Waals surface area contributed by atoms with Crippen molar-refractivity contribution in [1.82, 2.24) is 0 Å². The zero-order chi connectivity index (χ0) is 11.3. The highest BCUT2D eigenvalue weighted by molar-refractivity contribution is 5.56. The first-order chi connectivity index (χ1) is 7.09. The van der Waals surface area contributed by atoms with Gasteiger partial charge in [0.05, 0.1) is 11.5 Å². The molecule has 0 bridgehead atoms. The smallest absolute Gasteiger partial charge is 0.450 e. The quantitative estimate of drug-likeness (QED) is 0.466. The Morgan fingerprint density at radius 1 is 1.40 bits per heavy atom. The molecule has 1 rings (SSSR count). The molecule has 6 heteroatoms. The first-order valence-corrected chi connectivity index (χ1v) is 4.18. The van der Waals surface area contributed by atoms with Gasteiger partial charge in [0.1, 0.15) is 0 Å². The highest BCUT2D eigenvalue weighted by Crippen LogP contribution is 2.12. The Labute approximate surface area is 85.2 Å². The molecule has 15 heavy (non-hydrogen) atoms. The van der Waals surface area contributed by atoms with Crippen LogP contribution in [0.15, 0.2) is 24.3 Å². The molecular formula is C9H9NO5. The Bertz CT molecular complexity index is 359. The fourth-order valence-corrected chi connectivity index (χ4v) is 1.04. The van der Waals surface area contributed by atoms with E-state index >= 15 is 0 Å². The Balaban J connectivity index is 2.50. The van der Waals surface area contributed by atoms with Gasteiger partial charge in [-0.2, -0.15) is 0 Å². The second-order valence-corrected chi connectivity index (χ2v) is 2.79. The molecule has 0 amide bonds. The second-order valence-electron chi connectivity index (χ2n) is 2.79. The van der Waals surface area contributed by atoms with Gasteiger partial charge in [-0.15, -0.1) is 0 Å². The molecule has 1 aromatic rings. The van der Waals surface area contributed by atoms with Crippen molar-refractivity contribution in [3.05, 3.63) is 39.9 Å². The summed E-state index contributed by atoms with van der Waals surface area (Å²) in [6.45, 7) is 0.0488. The Hall–Kier alpha value is -2.11. The van der Waals surface area contributed by atoms with Crippen LogP contribution in [0.3, 0.4) is 0 Å². The van der Waals surface area contributed by atoms with Crippen molar-refractivity contribution in [2.24, 2.45) is 0 Å². The molecule has 0 atom stereocenters. The predicted molar refractivity (Wildman–Crippen MR) is 50.8 cm³/mol. The van der Waals surface area contributed by atoms with E-state index in [1.54, 1.807) is 12.1 Å². The van der Waals surface area contributed by atoms with Gasteiger partial charge < -0.3 is 9.84 Å². The molecule has 0 radical (unpaired) electrons. The molecule has 0 saturated heterocycles. The van der Waals surface area contributed by atoms with E-state index in [9.17, 15) is 14.9 Å². The van der Waals surface area contributed by atoms with Gasteiger partial charge in [-0.25, -0.2) is 4.79 Å². The van der Waals surface area contributed by atoms with Crippen LogP contribution >= 0.6 is 0 Å². The summed E-state index contributed by atoms with van der Waals surface area (Å²) in [7, 11) is 0. The lowest BCUT2D eigenvalue weighted by molar-refractivity contribution is -0.384. The van der Waals surface area contributed by atoms with Crippen LogP contribution in [0.2, 0.25) is 0 Å². The average molecular weight is 211 g/mol. The minimum atomic E-state index is -1.32. The van der Waals surface area contributed by atoms with Crippen molar-refractivity contribution >= 4 is 11.8 Å². The van der Waals surface area contributed by atoms with Crippen molar-refractivity contribution < 1.29 is 19.6 Å². The van der Waals surface area contributed by atoms with Crippen LogP contribution in [0.1, 0.15) is 5.56 Å². The Morgan fingerprint density at radius 2 is 2.00 bits per heavy atom. The average Bonchev–Trinajstić information content (AvgIpc) is 2.18.